The van der Waals surface area contributed by atoms with Crippen molar-refractivity contribution in [1.29, 1.82) is 0 Å². The van der Waals surface area contributed by atoms with Crippen molar-refractivity contribution in [3.63, 3.8) is 0 Å². The van der Waals surface area contributed by atoms with E-state index in [2.05, 4.69) is 0 Å². The molecule has 1 saturated heterocycles. The van der Waals surface area contributed by atoms with Gasteiger partial charge in [0.15, 0.2) is 6.29 Å². The molecule has 3 aliphatic rings. The second-order valence-electron chi connectivity index (χ2n) is 8.43. The van der Waals surface area contributed by atoms with Gasteiger partial charge in [-0.1, -0.05) is 0 Å². The largest absolute Gasteiger partial charge is 0.472 e. The summed E-state index contributed by atoms with van der Waals surface area (Å²) < 4.78 is 50.5. The molecule has 1 saturated carbocycles. The Morgan fingerprint density at radius 1 is 0.848 bits per heavy atom. The van der Waals surface area contributed by atoms with Crippen LogP contribution in [0.15, 0.2) is 12.3 Å². The molecule has 0 radical (unpaired) electrons. The van der Waals surface area contributed by atoms with Crippen molar-refractivity contribution in [3.8, 4) is 0 Å². The highest BCUT2D eigenvalue weighted by Gasteiger charge is 2.71. The van der Waals surface area contributed by atoms with Crippen molar-refractivity contribution in [2.75, 3.05) is 55.9 Å². The summed E-state index contributed by atoms with van der Waals surface area (Å²) in [5.41, 5.74) is -3.78. The Morgan fingerprint density at radius 3 is 2.06 bits per heavy atom. The highest BCUT2D eigenvalue weighted by atomic mass is 16.8. The lowest BCUT2D eigenvalue weighted by Crippen LogP contribution is -2.64. The van der Waals surface area contributed by atoms with E-state index in [9.17, 15) is 15.3 Å². The Kier molecular flexibility index (Phi) is 8.73. The van der Waals surface area contributed by atoms with Gasteiger partial charge in [0.2, 0.25) is 6.29 Å². The van der Waals surface area contributed by atoms with E-state index in [0.717, 1.165) is 0 Å². The van der Waals surface area contributed by atoms with Gasteiger partial charge in [-0.2, -0.15) is 0 Å². The molecule has 33 heavy (non-hydrogen) atoms. The van der Waals surface area contributed by atoms with Crippen LogP contribution in [0.3, 0.4) is 0 Å². The van der Waals surface area contributed by atoms with Crippen LogP contribution in [-0.4, -0.2) is 132 Å². The van der Waals surface area contributed by atoms with Crippen LogP contribution in [0.2, 0.25) is 0 Å². The molecule has 0 bridgehead atoms. The van der Waals surface area contributed by atoms with Gasteiger partial charge in [-0.05, 0) is 6.08 Å². The van der Waals surface area contributed by atoms with Crippen molar-refractivity contribution in [2.45, 2.75) is 60.4 Å². The molecular formula is C21H36O12. The molecule has 0 aromatic heterocycles. The van der Waals surface area contributed by atoms with E-state index in [1.807, 2.05) is 0 Å². The predicted octanol–water partition coefficient (Wildman–Crippen LogP) is -1.60. The zero-order chi connectivity index (χ0) is 24.4. The van der Waals surface area contributed by atoms with Gasteiger partial charge >= 0.3 is 0 Å². The van der Waals surface area contributed by atoms with Crippen LogP contribution in [0.4, 0.5) is 0 Å². The Hall–Kier alpha value is -0.900. The van der Waals surface area contributed by atoms with E-state index in [-0.39, 0.29) is 13.2 Å². The van der Waals surface area contributed by atoms with Gasteiger partial charge in [0, 0.05) is 42.7 Å². The maximum atomic E-state index is 11.5. The molecule has 192 valence electrons. The number of hydrogen-bond acceptors (Lipinski definition) is 12. The lowest BCUT2D eigenvalue weighted by Gasteiger charge is -2.47. The number of ether oxygens (including phenoxy) is 9. The maximum Gasteiger partial charge on any atom is 0.210 e. The highest BCUT2D eigenvalue weighted by Crippen LogP contribution is 2.51. The van der Waals surface area contributed by atoms with Crippen molar-refractivity contribution in [3.05, 3.63) is 12.3 Å². The molecule has 2 heterocycles. The molecule has 0 aromatic rings. The molecule has 1 aliphatic carbocycles. The Bertz CT molecular complexity index is 663. The van der Waals surface area contributed by atoms with E-state index < -0.39 is 66.3 Å². The first-order valence-corrected chi connectivity index (χ1v) is 10.6. The van der Waals surface area contributed by atoms with E-state index >= 15 is 0 Å². The number of methoxy groups -OCH3 is 6. The van der Waals surface area contributed by atoms with Gasteiger partial charge in [0.1, 0.15) is 47.8 Å². The monoisotopic (exact) mass is 480 g/mol. The molecule has 12 nitrogen and oxygen atoms in total. The van der Waals surface area contributed by atoms with E-state index in [1.54, 1.807) is 0 Å². The summed E-state index contributed by atoms with van der Waals surface area (Å²) in [4.78, 5) is 0. The van der Waals surface area contributed by atoms with Crippen molar-refractivity contribution < 1.29 is 58.0 Å². The molecule has 0 amide bonds. The van der Waals surface area contributed by atoms with Gasteiger partial charge in [-0.3, -0.25) is 0 Å². The highest BCUT2D eigenvalue weighted by molar-refractivity contribution is 5.26. The molecule has 0 spiro atoms. The summed E-state index contributed by atoms with van der Waals surface area (Å²) in [5, 5.41) is 33.7. The topological polar surface area (TPSA) is 144 Å². The summed E-state index contributed by atoms with van der Waals surface area (Å²) in [5.74, 6) is -1.20. The second kappa shape index (κ2) is 10.8. The van der Waals surface area contributed by atoms with E-state index in [4.69, 9.17) is 42.6 Å². The van der Waals surface area contributed by atoms with Gasteiger partial charge in [-0.15, -0.1) is 0 Å². The first kappa shape index (κ1) is 26.7. The summed E-state index contributed by atoms with van der Waals surface area (Å²) in [7, 11) is 8.74. The summed E-state index contributed by atoms with van der Waals surface area (Å²) in [6.07, 6.45) is -4.84. The summed E-state index contributed by atoms with van der Waals surface area (Å²) >= 11 is 0. The number of rotatable bonds is 10. The smallest absolute Gasteiger partial charge is 0.210 e. The molecule has 0 unspecified atom stereocenters. The standard InChI is InChI=1S/C21H36O12/c1-25-9-11-12(27-3)13(28-4)14(29-5)18(32-11)33-19-15-20(23,7-8-31-19)17(30-6)16(22)21(15,24)10-26-2/h7-8,11-19,22-24H,9-10H2,1-6H3/t11-,12-,13+,14-,15+,16-,17-,18+,19+,20+,21-/m1/s1. The predicted molar refractivity (Wildman–Crippen MR) is 110 cm³/mol. The van der Waals surface area contributed by atoms with Crippen LogP contribution < -0.4 is 0 Å². The van der Waals surface area contributed by atoms with Gasteiger partial charge in [-0.25, -0.2) is 0 Å². The fourth-order valence-electron chi connectivity index (χ4n) is 5.29. The van der Waals surface area contributed by atoms with Crippen LogP contribution in [0.25, 0.3) is 0 Å². The van der Waals surface area contributed by atoms with Crippen LogP contribution in [-0.2, 0) is 42.6 Å². The number of aliphatic hydroxyl groups is 3. The molecule has 0 aromatic carbocycles. The molecule has 3 rings (SSSR count). The first-order valence-electron chi connectivity index (χ1n) is 10.6. The van der Waals surface area contributed by atoms with Gasteiger partial charge in [0.25, 0.3) is 0 Å². The third-order valence-electron chi connectivity index (χ3n) is 6.75. The Morgan fingerprint density at radius 2 is 1.52 bits per heavy atom. The van der Waals surface area contributed by atoms with Crippen LogP contribution in [0, 0.1) is 5.92 Å². The second-order valence-corrected chi connectivity index (χ2v) is 8.43. The van der Waals surface area contributed by atoms with Crippen LogP contribution >= 0.6 is 0 Å². The maximum absolute atomic E-state index is 11.5. The average Bonchev–Trinajstić information content (AvgIpc) is 2.96. The summed E-state index contributed by atoms with van der Waals surface area (Å²) in [6, 6.07) is 0. The molecule has 11 atom stereocenters. The SMILES string of the molecule is COC[C@H]1O[C@@H](O[C@@H]2OC=C[C@@]3(O)[C@H](OC)[C@@H](O)[C@@](O)(COC)[C@@H]23)[C@H](OC)[C@@H](OC)[C@@H]1OC. The van der Waals surface area contributed by atoms with Crippen LogP contribution in [0.1, 0.15) is 0 Å². The van der Waals surface area contributed by atoms with Crippen molar-refractivity contribution in [2.24, 2.45) is 5.92 Å². The van der Waals surface area contributed by atoms with Crippen LogP contribution in [0.5, 0.6) is 0 Å². The zero-order valence-corrected chi connectivity index (χ0v) is 19.8. The molecule has 12 heteroatoms. The number of aliphatic hydroxyl groups excluding tert-OH is 1. The normalized spacial score (nSPS) is 47.4. The minimum atomic E-state index is -1.96. The zero-order valence-electron chi connectivity index (χ0n) is 19.8. The van der Waals surface area contributed by atoms with E-state index in [0.29, 0.717) is 0 Å². The van der Waals surface area contributed by atoms with Crippen molar-refractivity contribution in [1.82, 2.24) is 0 Å². The average molecular weight is 481 g/mol. The lowest BCUT2D eigenvalue weighted by atomic mass is 9.80. The van der Waals surface area contributed by atoms with Crippen molar-refractivity contribution >= 4 is 0 Å². The minimum Gasteiger partial charge on any atom is -0.472 e. The molecule has 3 N–H and O–H groups in total. The molecule has 2 fully saturated rings. The quantitative estimate of drug-likeness (QED) is 0.331. The molecular weight excluding hydrogens is 444 g/mol. The minimum absolute atomic E-state index is 0.186. The van der Waals surface area contributed by atoms with E-state index in [1.165, 1.54) is 55.0 Å². The Balaban J connectivity index is 1.94. The Labute approximate surface area is 193 Å². The fourth-order valence-corrected chi connectivity index (χ4v) is 5.29. The van der Waals surface area contributed by atoms with Gasteiger partial charge in [0.05, 0.1) is 25.4 Å². The summed E-state index contributed by atoms with van der Waals surface area (Å²) in [6.45, 7) is -0.123. The number of fused-ring (bicyclic) bond motifs is 1. The van der Waals surface area contributed by atoms with Gasteiger partial charge < -0.3 is 58.0 Å². The first-order chi connectivity index (χ1) is 15.8. The number of hydrogen-bond donors (Lipinski definition) is 3. The third kappa shape index (κ3) is 4.43. The molecule has 2 aliphatic heterocycles. The lowest BCUT2D eigenvalue weighted by molar-refractivity contribution is -0.360. The fraction of sp³-hybridized carbons (Fsp3) is 0.905. The third-order valence-corrected chi connectivity index (χ3v) is 6.75.